The summed E-state index contributed by atoms with van der Waals surface area (Å²) in [5, 5.41) is 27.8. The molecule has 0 spiro atoms. The number of hydrogen-bond donors (Lipinski definition) is 3. The number of phenols is 1. The molecule has 2 atom stereocenters. The van der Waals surface area contributed by atoms with Gasteiger partial charge in [-0.25, -0.2) is 4.39 Å². The van der Waals surface area contributed by atoms with E-state index >= 15 is 0 Å². The molecule has 0 saturated carbocycles. The third-order valence-corrected chi connectivity index (χ3v) is 3.62. The minimum atomic E-state index is -0.776. The van der Waals surface area contributed by atoms with Crippen molar-refractivity contribution in [3.8, 4) is 5.75 Å². The van der Waals surface area contributed by atoms with E-state index in [-0.39, 0.29) is 36.5 Å². The molecule has 1 heterocycles. The summed E-state index contributed by atoms with van der Waals surface area (Å²) in [5.41, 5.74) is 0.194. The Kier molecular flexibility index (Phi) is 4.57. The molecule has 1 fully saturated rings. The highest BCUT2D eigenvalue weighted by atomic mass is 19.1. The van der Waals surface area contributed by atoms with Gasteiger partial charge in [-0.2, -0.15) is 0 Å². The number of halogens is 1. The first kappa shape index (κ1) is 14.7. The molecule has 0 aliphatic carbocycles. The van der Waals surface area contributed by atoms with Crippen LogP contribution >= 0.6 is 0 Å². The lowest BCUT2D eigenvalue weighted by Gasteiger charge is -2.36. The third kappa shape index (κ3) is 3.08. The Morgan fingerprint density at radius 3 is 2.35 bits per heavy atom. The van der Waals surface area contributed by atoms with E-state index < -0.39 is 11.6 Å². The average molecular weight is 283 g/mol. The van der Waals surface area contributed by atoms with Crippen LogP contribution in [-0.4, -0.2) is 52.4 Å². The number of carbonyl (C=O) groups is 1. The van der Waals surface area contributed by atoms with Crippen LogP contribution in [0.3, 0.4) is 0 Å². The van der Waals surface area contributed by atoms with Crippen molar-refractivity contribution in [1.82, 2.24) is 4.90 Å². The molecule has 110 valence electrons. The van der Waals surface area contributed by atoms with Gasteiger partial charge in [-0.05, 0) is 24.6 Å². The number of rotatable bonds is 3. The fraction of sp³-hybridized carbons (Fsp3) is 0.500. The normalized spacial score (nSPS) is 22.9. The van der Waals surface area contributed by atoms with Gasteiger partial charge in [0.05, 0.1) is 0 Å². The maximum absolute atomic E-state index is 13.0. The van der Waals surface area contributed by atoms with Crippen LogP contribution < -0.4 is 0 Å². The number of nitrogens with zero attached hydrogens (tertiary/aromatic N) is 1. The molecule has 1 aromatic carbocycles. The van der Waals surface area contributed by atoms with Gasteiger partial charge in [0.1, 0.15) is 0 Å². The van der Waals surface area contributed by atoms with Gasteiger partial charge in [0.25, 0.3) is 5.91 Å². The first-order valence-electron chi connectivity index (χ1n) is 6.54. The Balaban J connectivity index is 2.16. The molecule has 0 bridgehead atoms. The average Bonchev–Trinajstić information content (AvgIpc) is 2.48. The molecule has 1 aliphatic rings. The molecular weight excluding hydrogens is 265 g/mol. The van der Waals surface area contributed by atoms with Crippen LogP contribution in [0.1, 0.15) is 16.8 Å². The highest BCUT2D eigenvalue weighted by molar-refractivity contribution is 5.94. The Hall–Kier alpha value is -1.66. The van der Waals surface area contributed by atoms with E-state index in [0.717, 1.165) is 12.1 Å². The number of aliphatic hydroxyl groups is 2. The fourth-order valence-electron chi connectivity index (χ4n) is 2.58. The number of piperidine rings is 1. The maximum atomic E-state index is 13.0. The topological polar surface area (TPSA) is 81.0 Å². The number of aromatic hydroxyl groups is 1. The third-order valence-electron chi connectivity index (χ3n) is 3.62. The molecule has 0 radical (unpaired) electrons. The fourth-order valence-corrected chi connectivity index (χ4v) is 2.58. The van der Waals surface area contributed by atoms with E-state index in [2.05, 4.69) is 0 Å². The number of carbonyl (C=O) groups excluding carboxylic acids is 1. The van der Waals surface area contributed by atoms with Crippen LogP contribution in [0.4, 0.5) is 4.39 Å². The highest BCUT2D eigenvalue weighted by Gasteiger charge is 2.30. The van der Waals surface area contributed by atoms with Crippen LogP contribution in [-0.2, 0) is 0 Å². The lowest BCUT2D eigenvalue weighted by atomic mass is 9.90. The summed E-state index contributed by atoms with van der Waals surface area (Å²) in [4.78, 5) is 13.8. The van der Waals surface area contributed by atoms with Gasteiger partial charge in [0, 0.05) is 43.7 Å². The molecule has 5 nitrogen and oxygen atoms in total. The molecule has 0 unspecified atom stereocenters. The molecule has 1 aliphatic heterocycles. The summed E-state index contributed by atoms with van der Waals surface area (Å²) in [6.07, 6.45) is 0.672. The second-order valence-corrected chi connectivity index (χ2v) is 5.21. The Bertz CT molecular complexity index is 482. The van der Waals surface area contributed by atoms with Crippen molar-refractivity contribution in [2.24, 2.45) is 11.8 Å². The predicted octanol–water partition coefficient (Wildman–Crippen LogP) is 0.594. The van der Waals surface area contributed by atoms with Crippen LogP contribution in [0.15, 0.2) is 18.2 Å². The van der Waals surface area contributed by atoms with Crippen LogP contribution in [0, 0.1) is 17.7 Å². The monoisotopic (exact) mass is 283 g/mol. The predicted molar refractivity (Wildman–Crippen MR) is 69.7 cm³/mol. The summed E-state index contributed by atoms with van der Waals surface area (Å²) in [6.45, 7) is 0.692. The van der Waals surface area contributed by atoms with Crippen LogP contribution in [0.2, 0.25) is 0 Å². The smallest absolute Gasteiger partial charge is 0.254 e. The van der Waals surface area contributed by atoms with Crippen molar-refractivity contribution in [1.29, 1.82) is 0 Å². The second-order valence-electron chi connectivity index (χ2n) is 5.21. The number of likely N-dealkylation sites (tertiary alicyclic amines) is 1. The SMILES string of the molecule is O=C(c1ccc(F)c(O)c1)N1C[C@H](CO)C[C@H](CO)C1. The van der Waals surface area contributed by atoms with Gasteiger partial charge in [-0.3, -0.25) is 4.79 Å². The van der Waals surface area contributed by atoms with E-state index in [4.69, 9.17) is 0 Å². The standard InChI is InChI=1S/C14H18FNO4/c15-12-2-1-11(4-13(12)19)14(20)16-5-9(7-17)3-10(6-16)8-18/h1-2,4,9-10,17-19H,3,5-8H2/t9-,10+. The quantitative estimate of drug-likeness (QED) is 0.758. The zero-order chi connectivity index (χ0) is 14.7. The first-order valence-corrected chi connectivity index (χ1v) is 6.54. The summed E-state index contributed by atoms with van der Waals surface area (Å²) >= 11 is 0. The highest BCUT2D eigenvalue weighted by Crippen LogP contribution is 2.24. The lowest BCUT2D eigenvalue weighted by Crippen LogP contribution is -2.45. The van der Waals surface area contributed by atoms with Gasteiger partial charge < -0.3 is 20.2 Å². The van der Waals surface area contributed by atoms with Crippen molar-refractivity contribution in [2.45, 2.75) is 6.42 Å². The van der Waals surface area contributed by atoms with Crippen LogP contribution in [0.25, 0.3) is 0 Å². The number of amides is 1. The molecule has 1 aromatic rings. The van der Waals surface area contributed by atoms with Gasteiger partial charge in [0.15, 0.2) is 11.6 Å². The van der Waals surface area contributed by atoms with Gasteiger partial charge in [0.2, 0.25) is 0 Å². The van der Waals surface area contributed by atoms with Gasteiger partial charge in [-0.1, -0.05) is 0 Å². The number of aliphatic hydroxyl groups excluding tert-OH is 2. The van der Waals surface area contributed by atoms with E-state index in [0.29, 0.717) is 19.5 Å². The number of benzene rings is 1. The summed E-state index contributed by atoms with van der Waals surface area (Å²) in [7, 11) is 0. The molecule has 20 heavy (non-hydrogen) atoms. The Morgan fingerprint density at radius 1 is 1.25 bits per heavy atom. The van der Waals surface area contributed by atoms with Crippen molar-refractivity contribution >= 4 is 5.91 Å². The second kappa shape index (κ2) is 6.19. The van der Waals surface area contributed by atoms with Crippen molar-refractivity contribution in [3.05, 3.63) is 29.6 Å². The van der Waals surface area contributed by atoms with E-state index in [1.807, 2.05) is 0 Å². The Labute approximate surface area is 116 Å². The largest absolute Gasteiger partial charge is 0.505 e. The van der Waals surface area contributed by atoms with E-state index in [1.165, 1.54) is 11.0 Å². The molecule has 0 aromatic heterocycles. The van der Waals surface area contributed by atoms with Crippen LogP contribution in [0.5, 0.6) is 5.75 Å². The molecule has 6 heteroatoms. The van der Waals surface area contributed by atoms with E-state index in [9.17, 15) is 24.5 Å². The number of hydrogen-bond acceptors (Lipinski definition) is 4. The zero-order valence-electron chi connectivity index (χ0n) is 11.0. The van der Waals surface area contributed by atoms with Crippen molar-refractivity contribution < 1.29 is 24.5 Å². The maximum Gasteiger partial charge on any atom is 0.254 e. The number of phenolic OH excluding ortho intramolecular Hbond substituents is 1. The molecule has 1 saturated heterocycles. The first-order chi connectivity index (χ1) is 9.55. The molecule has 2 rings (SSSR count). The summed E-state index contributed by atoms with van der Waals surface area (Å²) in [5.74, 6) is -1.82. The molecule has 3 N–H and O–H groups in total. The minimum Gasteiger partial charge on any atom is -0.505 e. The molecule has 1 amide bonds. The summed E-state index contributed by atoms with van der Waals surface area (Å²) in [6, 6.07) is 3.45. The minimum absolute atomic E-state index is 0.0467. The van der Waals surface area contributed by atoms with E-state index in [1.54, 1.807) is 0 Å². The van der Waals surface area contributed by atoms with Gasteiger partial charge >= 0.3 is 0 Å². The van der Waals surface area contributed by atoms with Crippen molar-refractivity contribution in [2.75, 3.05) is 26.3 Å². The Morgan fingerprint density at radius 2 is 1.85 bits per heavy atom. The zero-order valence-corrected chi connectivity index (χ0v) is 11.0. The van der Waals surface area contributed by atoms with Crippen molar-refractivity contribution in [3.63, 3.8) is 0 Å². The molecular formula is C14H18FNO4. The summed E-state index contributed by atoms with van der Waals surface area (Å²) < 4.78 is 13.0. The van der Waals surface area contributed by atoms with Gasteiger partial charge in [-0.15, -0.1) is 0 Å². The lowest BCUT2D eigenvalue weighted by molar-refractivity contribution is 0.0415.